The number of benzene rings is 1. The van der Waals surface area contributed by atoms with Crippen molar-refractivity contribution in [1.29, 1.82) is 0 Å². The Hall–Kier alpha value is -2.89. The maximum absolute atomic E-state index is 5.34. The number of ether oxygens (including phenoxy) is 2. The first-order valence-electron chi connectivity index (χ1n) is 6.97. The highest BCUT2D eigenvalue weighted by Gasteiger charge is 2.13. The van der Waals surface area contributed by atoms with E-state index in [-0.39, 0.29) is 6.79 Å². The van der Waals surface area contributed by atoms with Crippen molar-refractivity contribution in [2.45, 2.75) is 13.8 Å². The summed E-state index contributed by atoms with van der Waals surface area (Å²) in [6.45, 7) is 4.22. The first-order chi connectivity index (χ1) is 10.7. The maximum atomic E-state index is 5.34. The molecule has 4 rings (SSSR count). The van der Waals surface area contributed by atoms with Crippen LogP contribution in [0.5, 0.6) is 11.5 Å². The fraction of sp³-hybridized carbons (Fsp3) is 0.188. The number of rotatable bonds is 2. The number of aromatic nitrogens is 2. The van der Waals surface area contributed by atoms with Crippen molar-refractivity contribution in [2.24, 2.45) is 10.2 Å². The van der Waals surface area contributed by atoms with Crippen LogP contribution in [-0.4, -0.2) is 16.2 Å². The van der Waals surface area contributed by atoms with Crippen molar-refractivity contribution in [3.05, 3.63) is 47.8 Å². The van der Waals surface area contributed by atoms with Crippen molar-refractivity contribution in [1.82, 2.24) is 9.38 Å². The van der Waals surface area contributed by atoms with Gasteiger partial charge >= 0.3 is 0 Å². The van der Waals surface area contributed by atoms with Crippen molar-refractivity contribution in [3.8, 4) is 11.5 Å². The van der Waals surface area contributed by atoms with E-state index in [1.807, 2.05) is 54.8 Å². The first-order valence-corrected chi connectivity index (χ1v) is 6.97. The Morgan fingerprint density at radius 1 is 1.05 bits per heavy atom. The minimum Gasteiger partial charge on any atom is -0.454 e. The maximum Gasteiger partial charge on any atom is 0.231 e. The van der Waals surface area contributed by atoms with Crippen LogP contribution in [0, 0.1) is 13.8 Å². The molecule has 0 amide bonds. The highest BCUT2D eigenvalue weighted by atomic mass is 16.7. The summed E-state index contributed by atoms with van der Waals surface area (Å²) in [6, 6.07) is 9.54. The lowest BCUT2D eigenvalue weighted by molar-refractivity contribution is 0.174. The van der Waals surface area contributed by atoms with Crippen LogP contribution in [0.2, 0.25) is 0 Å². The third-order valence-corrected chi connectivity index (χ3v) is 3.54. The van der Waals surface area contributed by atoms with Crippen molar-refractivity contribution in [3.63, 3.8) is 0 Å². The van der Waals surface area contributed by atoms with Crippen LogP contribution in [0.25, 0.3) is 5.65 Å². The van der Waals surface area contributed by atoms with Crippen LogP contribution in [0.4, 0.5) is 11.5 Å². The van der Waals surface area contributed by atoms with E-state index in [0.717, 1.165) is 28.5 Å². The predicted molar refractivity (Wildman–Crippen MR) is 81.4 cm³/mol. The Morgan fingerprint density at radius 2 is 1.91 bits per heavy atom. The highest BCUT2D eigenvalue weighted by Crippen LogP contribution is 2.35. The molecule has 2 aromatic heterocycles. The summed E-state index contributed by atoms with van der Waals surface area (Å²) in [5, 5.41) is 8.64. The zero-order valence-corrected chi connectivity index (χ0v) is 12.3. The number of imidazole rings is 1. The molecule has 0 saturated carbocycles. The highest BCUT2D eigenvalue weighted by molar-refractivity contribution is 5.55. The average Bonchev–Trinajstić information content (AvgIpc) is 3.07. The topological polar surface area (TPSA) is 60.5 Å². The normalized spacial score (nSPS) is 13.4. The van der Waals surface area contributed by atoms with Gasteiger partial charge in [0.05, 0.1) is 11.4 Å². The Kier molecular flexibility index (Phi) is 2.82. The van der Waals surface area contributed by atoms with Gasteiger partial charge in [-0.15, -0.1) is 10.2 Å². The number of aryl methyl sites for hydroxylation is 2. The second-order valence-electron chi connectivity index (χ2n) is 5.19. The van der Waals surface area contributed by atoms with Gasteiger partial charge in [-0.3, -0.25) is 4.40 Å². The van der Waals surface area contributed by atoms with Crippen LogP contribution in [0.3, 0.4) is 0 Å². The van der Waals surface area contributed by atoms with Crippen molar-refractivity contribution >= 4 is 17.2 Å². The van der Waals surface area contributed by atoms with Gasteiger partial charge in [-0.05, 0) is 43.7 Å². The van der Waals surface area contributed by atoms with Gasteiger partial charge in [-0.25, -0.2) is 4.98 Å². The van der Waals surface area contributed by atoms with Gasteiger partial charge in [0.1, 0.15) is 5.65 Å². The quantitative estimate of drug-likeness (QED) is 0.669. The van der Waals surface area contributed by atoms with Crippen molar-refractivity contribution in [2.75, 3.05) is 6.79 Å². The lowest BCUT2D eigenvalue weighted by Crippen LogP contribution is -1.92. The van der Waals surface area contributed by atoms with E-state index in [0.29, 0.717) is 11.4 Å². The SMILES string of the molecule is Cc1ccn2c(N=Nc3ccc4c(c3)OCO4)c(C)nc2c1. The van der Waals surface area contributed by atoms with E-state index in [9.17, 15) is 0 Å². The van der Waals surface area contributed by atoms with E-state index >= 15 is 0 Å². The van der Waals surface area contributed by atoms with Gasteiger partial charge in [0.2, 0.25) is 6.79 Å². The molecule has 0 atom stereocenters. The molecule has 6 nitrogen and oxygen atoms in total. The lowest BCUT2D eigenvalue weighted by atomic mass is 10.3. The number of pyridine rings is 1. The molecule has 3 heterocycles. The van der Waals surface area contributed by atoms with Crippen LogP contribution in [0.15, 0.2) is 46.8 Å². The molecule has 6 heteroatoms. The molecule has 1 aliphatic rings. The predicted octanol–water partition coefficient (Wildman–Crippen LogP) is 4.10. The number of hydrogen-bond donors (Lipinski definition) is 0. The summed E-state index contributed by atoms with van der Waals surface area (Å²) in [5.74, 6) is 2.16. The Labute approximate surface area is 127 Å². The van der Waals surface area contributed by atoms with Gasteiger partial charge < -0.3 is 9.47 Å². The van der Waals surface area contributed by atoms with E-state index in [1.54, 1.807) is 0 Å². The molecule has 22 heavy (non-hydrogen) atoms. The number of fused-ring (bicyclic) bond motifs is 2. The summed E-state index contributed by atoms with van der Waals surface area (Å²) >= 11 is 0. The third-order valence-electron chi connectivity index (χ3n) is 3.54. The summed E-state index contributed by atoms with van der Waals surface area (Å²) in [5.41, 5.74) is 3.59. The first kappa shape index (κ1) is 12.8. The van der Waals surface area contributed by atoms with Crippen LogP contribution >= 0.6 is 0 Å². The van der Waals surface area contributed by atoms with Crippen molar-refractivity contribution < 1.29 is 9.47 Å². The Morgan fingerprint density at radius 3 is 2.82 bits per heavy atom. The molecule has 0 saturated heterocycles. The molecule has 0 radical (unpaired) electrons. The largest absolute Gasteiger partial charge is 0.454 e. The molecular weight excluding hydrogens is 280 g/mol. The zero-order valence-electron chi connectivity index (χ0n) is 12.3. The van der Waals surface area contributed by atoms with E-state index in [1.165, 1.54) is 0 Å². The molecule has 0 bridgehead atoms. The molecule has 0 aliphatic carbocycles. The minimum absolute atomic E-state index is 0.252. The van der Waals surface area contributed by atoms with Crippen LogP contribution < -0.4 is 9.47 Å². The summed E-state index contributed by atoms with van der Waals surface area (Å²) in [6.07, 6.45) is 1.96. The number of azo groups is 1. The third kappa shape index (κ3) is 2.09. The Balaban J connectivity index is 1.72. The van der Waals surface area contributed by atoms with Gasteiger partial charge in [-0.1, -0.05) is 0 Å². The molecule has 1 aromatic carbocycles. The monoisotopic (exact) mass is 294 g/mol. The summed E-state index contributed by atoms with van der Waals surface area (Å²) in [4.78, 5) is 4.51. The second kappa shape index (κ2) is 4.84. The number of hydrogen-bond acceptors (Lipinski definition) is 5. The molecule has 0 fully saturated rings. The molecular formula is C16H14N4O2. The van der Waals surface area contributed by atoms with E-state index in [4.69, 9.17) is 9.47 Å². The molecule has 0 unspecified atom stereocenters. The summed E-state index contributed by atoms with van der Waals surface area (Å²) < 4.78 is 12.6. The standard InChI is InChI=1S/C16H14N4O2/c1-10-5-6-20-15(7-10)17-11(2)16(20)19-18-12-3-4-13-14(8-12)22-9-21-13/h3-8H,9H2,1-2H3. The molecule has 110 valence electrons. The average molecular weight is 294 g/mol. The van der Waals surface area contributed by atoms with Gasteiger partial charge in [0.25, 0.3) is 0 Å². The van der Waals surface area contributed by atoms with Gasteiger partial charge in [0.15, 0.2) is 17.3 Å². The molecule has 0 spiro atoms. The lowest BCUT2D eigenvalue weighted by Gasteiger charge is -1.98. The number of nitrogens with zero attached hydrogens (tertiary/aromatic N) is 4. The Bertz CT molecular complexity index is 899. The fourth-order valence-electron chi connectivity index (χ4n) is 2.42. The van der Waals surface area contributed by atoms with E-state index in [2.05, 4.69) is 15.2 Å². The molecule has 3 aromatic rings. The second-order valence-corrected chi connectivity index (χ2v) is 5.19. The van der Waals surface area contributed by atoms with Crippen LogP contribution in [0.1, 0.15) is 11.3 Å². The molecule has 0 N–H and O–H groups in total. The fourth-order valence-corrected chi connectivity index (χ4v) is 2.42. The minimum atomic E-state index is 0.252. The van der Waals surface area contributed by atoms with Gasteiger partial charge in [-0.2, -0.15) is 0 Å². The molecule has 1 aliphatic heterocycles. The smallest absolute Gasteiger partial charge is 0.231 e. The summed E-state index contributed by atoms with van der Waals surface area (Å²) in [7, 11) is 0. The van der Waals surface area contributed by atoms with E-state index < -0.39 is 0 Å². The zero-order chi connectivity index (χ0) is 15.1. The van der Waals surface area contributed by atoms with Crippen LogP contribution in [-0.2, 0) is 0 Å². The van der Waals surface area contributed by atoms with Gasteiger partial charge in [0, 0.05) is 12.3 Å².